The van der Waals surface area contributed by atoms with Crippen molar-refractivity contribution in [3.63, 3.8) is 0 Å². The summed E-state index contributed by atoms with van der Waals surface area (Å²) in [5, 5.41) is 13.6. The van der Waals surface area contributed by atoms with Crippen LogP contribution in [0, 0.1) is 6.92 Å². The Balaban J connectivity index is 1.67. The topological polar surface area (TPSA) is 80.2 Å². The smallest absolute Gasteiger partial charge is 0.412 e. The van der Waals surface area contributed by atoms with Crippen LogP contribution in [0.25, 0.3) is 0 Å². The first-order chi connectivity index (χ1) is 14.9. The Morgan fingerprint density at radius 2 is 1.77 bits per heavy atom. The fraction of sp³-hybridized carbons (Fsp3) is 0.167. The third-order valence-corrected chi connectivity index (χ3v) is 4.54. The number of benzene rings is 3. The van der Waals surface area contributed by atoms with Gasteiger partial charge < -0.3 is 19.9 Å². The van der Waals surface area contributed by atoms with Gasteiger partial charge in [-0.2, -0.15) is 0 Å². The molecule has 1 amide bonds. The number of carbonyl (C=O) groups is 1. The van der Waals surface area contributed by atoms with Gasteiger partial charge in [0.05, 0.1) is 5.69 Å². The maximum absolute atomic E-state index is 11.7. The lowest BCUT2D eigenvalue weighted by Gasteiger charge is -2.08. The number of nitrogens with one attached hydrogen (secondary N) is 1. The Labute approximate surface area is 186 Å². The molecule has 7 heteroatoms. The van der Waals surface area contributed by atoms with Crippen molar-refractivity contribution >= 4 is 29.6 Å². The zero-order valence-electron chi connectivity index (χ0n) is 17.3. The van der Waals surface area contributed by atoms with Crippen molar-refractivity contribution in [1.29, 1.82) is 0 Å². The number of nitrogens with zero attached hydrogens (tertiary/aromatic N) is 1. The van der Waals surface area contributed by atoms with E-state index in [4.69, 9.17) is 21.1 Å². The molecular formula is C24H23ClN2O4. The van der Waals surface area contributed by atoms with E-state index in [-0.39, 0.29) is 5.75 Å². The van der Waals surface area contributed by atoms with Crippen molar-refractivity contribution in [1.82, 2.24) is 5.32 Å². The van der Waals surface area contributed by atoms with E-state index < -0.39 is 6.09 Å². The fourth-order valence-corrected chi connectivity index (χ4v) is 2.81. The number of carbonyl (C=O) groups excluding carboxylic acids is 1. The standard InChI is InChI=1S/C24H23ClN2O4/c1-3-12-26-24(29)31-20-10-11-22(16(2)13-20)27-15-17-4-7-21(14-23(17)28)30-19-8-5-18(25)6-9-19/h4-11,13-15,28H,3,12H2,1-2H3,(H,26,29)/b27-15+. The molecular weight excluding hydrogens is 416 g/mol. The molecule has 0 aliphatic rings. The quantitative estimate of drug-likeness (QED) is 0.418. The molecule has 3 rings (SSSR count). The highest BCUT2D eigenvalue weighted by Gasteiger charge is 2.07. The second kappa shape index (κ2) is 10.5. The number of phenolic OH excluding ortho intramolecular Hbond substituents is 1. The molecule has 0 bridgehead atoms. The number of aryl methyl sites for hydroxylation is 1. The number of aliphatic imine (C=N–C) groups is 1. The maximum atomic E-state index is 11.7. The lowest BCUT2D eigenvalue weighted by molar-refractivity contribution is 0.200. The molecule has 160 valence electrons. The number of aromatic hydroxyl groups is 1. The molecule has 0 saturated carbocycles. The lowest BCUT2D eigenvalue weighted by atomic mass is 10.2. The van der Waals surface area contributed by atoms with Crippen LogP contribution in [0.1, 0.15) is 24.5 Å². The third-order valence-electron chi connectivity index (χ3n) is 4.29. The minimum absolute atomic E-state index is 0.0421. The molecule has 0 saturated heterocycles. The summed E-state index contributed by atoms with van der Waals surface area (Å²) in [5.41, 5.74) is 2.07. The summed E-state index contributed by atoms with van der Waals surface area (Å²) in [7, 11) is 0. The Hall–Kier alpha value is -3.51. The number of halogens is 1. The van der Waals surface area contributed by atoms with Gasteiger partial charge in [-0.1, -0.05) is 18.5 Å². The zero-order valence-corrected chi connectivity index (χ0v) is 18.0. The number of hydrogen-bond donors (Lipinski definition) is 2. The van der Waals surface area contributed by atoms with Crippen LogP contribution in [-0.2, 0) is 0 Å². The van der Waals surface area contributed by atoms with Crippen LogP contribution in [0.5, 0.6) is 23.0 Å². The van der Waals surface area contributed by atoms with E-state index >= 15 is 0 Å². The Morgan fingerprint density at radius 3 is 2.45 bits per heavy atom. The van der Waals surface area contributed by atoms with Crippen molar-refractivity contribution in [2.24, 2.45) is 4.99 Å². The van der Waals surface area contributed by atoms with Crippen molar-refractivity contribution in [2.45, 2.75) is 20.3 Å². The largest absolute Gasteiger partial charge is 0.507 e. The second-order valence-corrected chi connectivity index (χ2v) is 7.24. The van der Waals surface area contributed by atoms with E-state index in [1.165, 1.54) is 6.07 Å². The molecule has 3 aromatic rings. The SMILES string of the molecule is CCCNC(=O)Oc1ccc(/N=C/c2ccc(Oc3ccc(Cl)cc3)cc2O)c(C)c1. The number of amides is 1. The highest BCUT2D eigenvalue weighted by atomic mass is 35.5. The van der Waals surface area contributed by atoms with Gasteiger partial charge in [0.1, 0.15) is 23.0 Å². The van der Waals surface area contributed by atoms with E-state index in [1.807, 2.05) is 13.8 Å². The Bertz CT molecular complexity index is 1080. The average molecular weight is 439 g/mol. The van der Waals surface area contributed by atoms with Gasteiger partial charge in [0.15, 0.2) is 0 Å². The summed E-state index contributed by atoms with van der Waals surface area (Å²) in [6.07, 6.45) is 1.92. The molecule has 3 aromatic carbocycles. The van der Waals surface area contributed by atoms with Gasteiger partial charge in [-0.15, -0.1) is 0 Å². The third kappa shape index (κ3) is 6.49. The van der Waals surface area contributed by atoms with Crippen molar-refractivity contribution in [3.05, 3.63) is 76.8 Å². The Morgan fingerprint density at radius 1 is 1.06 bits per heavy atom. The predicted octanol–water partition coefficient (Wildman–Crippen LogP) is 6.40. The predicted molar refractivity (Wildman–Crippen MR) is 122 cm³/mol. The summed E-state index contributed by atoms with van der Waals surface area (Å²) in [5.74, 6) is 1.60. The minimum atomic E-state index is -0.483. The molecule has 0 aliphatic heterocycles. The lowest BCUT2D eigenvalue weighted by Crippen LogP contribution is -2.27. The Kier molecular flexibility index (Phi) is 7.51. The van der Waals surface area contributed by atoms with Crippen molar-refractivity contribution < 1.29 is 19.4 Å². The average Bonchev–Trinajstić information content (AvgIpc) is 2.74. The van der Waals surface area contributed by atoms with Crippen LogP contribution in [-0.4, -0.2) is 24.0 Å². The van der Waals surface area contributed by atoms with Gasteiger partial charge in [-0.25, -0.2) is 4.79 Å². The number of rotatable bonds is 7. The first-order valence-corrected chi connectivity index (χ1v) is 10.2. The monoisotopic (exact) mass is 438 g/mol. The van der Waals surface area contributed by atoms with E-state index in [9.17, 15) is 9.90 Å². The summed E-state index contributed by atoms with van der Waals surface area (Å²) in [6, 6.07) is 17.1. The highest BCUT2D eigenvalue weighted by Crippen LogP contribution is 2.29. The zero-order chi connectivity index (χ0) is 22.2. The van der Waals surface area contributed by atoms with Crippen LogP contribution in [0.3, 0.4) is 0 Å². The van der Waals surface area contributed by atoms with Gasteiger partial charge in [0.2, 0.25) is 0 Å². The molecule has 6 nitrogen and oxygen atoms in total. The molecule has 0 spiro atoms. The first-order valence-electron chi connectivity index (χ1n) is 9.81. The van der Waals surface area contributed by atoms with E-state index in [2.05, 4.69) is 10.3 Å². The summed E-state index contributed by atoms with van der Waals surface area (Å²) in [6.45, 7) is 4.40. The van der Waals surface area contributed by atoms with Gasteiger partial charge in [0, 0.05) is 29.4 Å². The first kappa shape index (κ1) is 22.2. The van der Waals surface area contributed by atoms with Crippen molar-refractivity contribution in [3.8, 4) is 23.0 Å². The molecule has 0 atom stereocenters. The number of phenols is 1. The summed E-state index contributed by atoms with van der Waals surface area (Å²) < 4.78 is 11.0. The van der Waals surface area contributed by atoms with Gasteiger partial charge in [-0.05, 0) is 73.5 Å². The molecule has 2 N–H and O–H groups in total. The maximum Gasteiger partial charge on any atom is 0.412 e. The molecule has 0 unspecified atom stereocenters. The molecule has 0 radical (unpaired) electrons. The molecule has 0 aromatic heterocycles. The molecule has 0 fully saturated rings. The van der Waals surface area contributed by atoms with Crippen LogP contribution in [0.4, 0.5) is 10.5 Å². The normalized spacial score (nSPS) is 10.8. The van der Waals surface area contributed by atoms with Gasteiger partial charge >= 0.3 is 6.09 Å². The van der Waals surface area contributed by atoms with Gasteiger partial charge in [0.25, 0.3) is 0 Å². The van der Waals surface area contributed by atoms with Gasteiger partial charge in [-0.3, -0.25) is 4.99 Å². The minimum Gasteiger partial charge on any atom is -0.507 e. The van der Waals surface area contributed by atoms with Crippen LogP contribution in [0.2, 0.25) is 5.02 Å². The van der Waals surface area contributed by atoms with Crippen LogP contribution >= 0.6 is 11.6 Å². The van der Waals surface area contributed by atoms with Crippen LogP contribution in [0.15, 0.2) is 65.7 Å². The molecule has 0 heterocycles. The fourth-order valence-electron chi connectivity index (χ4n) is 2.68. The highest BCUT2D eigenvalue weighted by molar-refractivity contribution is 6.30. The number of ether oxygens (including phenoxy) is 2. The van der Waals surface area contributed by atoms with Crippen LogP contribution < -0.4 is 14.8 Å². The van der Waals surface area contributed by atoms with E-state index in [0.717, 1.165) is 12.0 Å². The van der Waals surface area contributed by atoms with E-state index in [1.54, 1.807) is 60.8 Å². The summed E-state index contributed by atoms with van der Waals surface area (Å²) >= 11 is 5.87. The van der Waals surface area contributed by atoms with Crippen molar-refractivity contribution in [2.75, 3.05) is 6.54 Å². The number of hydrogen-bond acceptors (Lipinski definition) is 5. The second-order valence-electron chi connectivity index (χ2n) is 6.80. The molecule has 0 aliphatic carbocycles. The summed E-state index contributed by atoms with van der Waals surface area (Å²) in [4.78, 5) is 16.1. The van der Waals surface area contributed by atoms with E-state index in [0.29, 0.717) is 40.1 Å². The molecule has 31 heavy (non-hydrogen) atoms.